The van der Waals surface area contributed by atoms with Gasteiger partial charge in [0, 0.05) is 24.5 Å². The van der Waals surface area contributed by atoms with Crippen LogP contribution in [0.4, 0.5) is 0 Å². The van der Waals surface area contributed by atoms with Crippen molar-refractivity contribution >= 4 is 0 Å². The van der Waals surface area contributed by atoms with E-state index in [2.05, 4.69) is 23.3 Å². The molecule has 16 heavy (non-hydrogen) atoms. The minimum Gasteiger partial charge on any atom is -0.387 e. The molecule has 1 atom stereocenters. The number of hydrogen-bond donors (Lipinski definition) is 2. The summed E-state index contributed by atoms with van der Waals surface area (Å²) < 4.78 is 0. The standard InChI is InChI=1S/C13H20N2O/c1-2-6-14-9-13(16)12-8-15-7-5-11(12)10-3-4-10/h5,7-8,10,13-14,16H,2-4,6,9H2,1H3. The first-order chi connectivity index (χ1) is 7.83. The minimum atomic E-state index is -0.421. The lowest BCUT2D eigenvalue weighted by atomic mass is 10.0. The Kier molecular flexibility index (Phi) is 3.91. The van der Waals surface area contributed by atoms with Crippen molar-refractivity contribution in [2.45, 2.75) is 38.2 Å². The average molecular weight is 220 g/mol. The van der Waals surface area contributed by atoms with Gasteiger partial charge in [0.2, 0.25) is 0 Å². The van der Waals surface area contributed by atoms with E-state index in [4.69, 9.17) is 0 Å². The number of nitrogens with one attached hydrogen (secondary N) is 1. The van der Waals surface area contributed by atoms with Gasteiger partial charge in [-0.25, -0.2) is 0 Å². The number of pyridine rings is 1. The Morgan fingerprint density at radius 3 is 3.06 bits per heavy atom. The van der Waals surface area contributed by atoms with Gasteiger partial charge in [-0.1, -0.05) is 6.92 Å². The summed E-state index contributed by atoms with van der Waals surface area (Å²) in [5.74, 6) is 0.666. The molecule has 2 rings (SSSR count). The highest BCUT2D eigenvalue weighted by Gasteiger charge is 2.27. The number of nitrogens with zero attached hydrogens (tertiary/aromatic N) is 1. The van der Waals surface area contributed by atoms with E-state index in [9.17, 15) is 5.11 Å². The lowest BCUT2D eigenvalue weighted by Crippen LogP contribution is -2.22. The fourth-order valence-corrected chi connectivity index (χ4v) is 1.99. The zero-order chi connectivity index (χ0) is 11.4. The molecule has 88 valence electrons. The number of aromatic nitrogens is 1. The van der Waals surface area contributed by atoms with Gasteiger partial charge in [0.05, 0.1) is 6.10 Å². The first-order valence-electron chi connectivity index (χ1n) is 6.15. The first kappa shape index (κ1) is 11.6. The lowest BCUT2D eigenvalue weighted by Gasteiger charge is -2.15. The monoisotopic (exact) mass is 220 g/mol. The molecule has 1 aromatic heterocycles. The van der Waals surface area contributed by atoms with E-state index < -0.39 is 6.10 Å². The Bertz CT molecular complexity index is 336. The van der Waals surface area contributed by atoms with Crippen molar-refractivity contribution in [3.8, 4) is 0 Å². The van der Waals surface area contributed by atoms with E-state index in [1.165, 1.54) is 18.4 Å². The van der Waals surface area contributed by atoms with Crippen LogP contribution in [0.3, 0.4) is 0 Å². The van der Waals surface area contributed by atoms with Crippen LogP contribution in [0.15, 0.2) is 18.5 Å². The molecule has 0 saturated heterocycles. The van der Waals surface area contributed by atoms with Gasteiger partial charge < -0.3 is 10.4 Å². The molecule has 0 aromatic carbocycles. The number of aliphatic hydroxyl groups excluding tert-OH is 1. The smallest absolute Gasteiger partial charge is 0.0931 e. The molecule has 0 bridgehead atoms. The minimum absolute atomic E-state index is 0.421. The van der Waals surface area contributed by atoms with Crippen LogP contribution < -0.4 is 5.32 Å². The lowest BCUT2D eigenvalue weighted by molar-refractivity contribution is 0.173. The Morgan fingerprint density at radius 2 is 2.38 bits per heavy atom. The quantitative estimate of drug-likeness (QED) is 0.721. The molecule has 3 heteroatoms. The molecule has 1 heterocycles. The molecule has 1 aliphatic rings. The van der Waals surface area contributed by atoms with E-state index in [0.717, 1.165) is 18.5 Å². The van der Waals surface area contributed by atoms with Crippen LogP contribution in [0.2, 0.25) is 0 Å². The summed E-state index contributed by atoms with van der Waals surface area (Å²) in [6, 6.07) is 2.05. The Labute approximate surface area is 96.9 Å². The van der Waals surface area contributed by atoms with Crippen molar-refractivity contribution in [3.63, 3.8) is 0 Å². The fraction of sp³-hybridized carbons (Fsp3) is 0.615. The Hall–Kier alpha value is -0.930. The molecule has 0 aliphatic heterocycles. The molecular formula is C13H20N2O. The van der Waals surface area contributed by atoms with E-state index in [1.807, 2.05) is 12.4 Å². The van der Waals surface area contributed by atoms with Gasteiger partial charge >= 0.3 is 0 Å². The van der Waals surface area contributed by atoms with E-state index in [0.29, 0.717) is 12.5 Å². The third-order valence-electron chi connectivity index (χ3n) is 3.03. The maximum absolute atomic E-state index is 10.1. The molecule has 1 saturated carbocycles. The van der Waals surface area contributed by atoms with Gasteiger partial charge in [-0.15, -0.1) is 0 Å². The van der Waals surface area contributed by atoms with Crippen LogP contribution in [0, 0.1) is 0 Å². The third-order valence-corrected chi connectivity index (χ3v) is 3.03. The fourth-order valence-electron chi connectivity index (χ4n) is 1.99. The summed E-state index contributed by atoms with van der Waals surface area (Å²) in [5, 5.41) is 13.3. The number of rotatable bonds is 6. The molecule has 1 aliphatic carbocycles. The Balaban J connectivity index is 2.00. The molecule has 2 N–H and O–H groups in total. The van der Waals surface area contributed by atoms with Crippen molar-refractivity contribution in [3.05, 3.63) is 29.6 Å². The molecule has 0 radical (unpaired) electrons. The van der Waals surface area contributed by atoms with Gasteiger partial charge in [-0.3, -0.25) is 4.98 Å². The van der Waals surface area contributed by atoms with Gasteiger partial charge in [0.1, 0.15) is 0 Å². The summed E-state index contributed by atoms with van der Waals surface area (Å²) in [5.41, 5.74) is 2.30. The van der Waals surface area contributed by atoms with Gasteiger partial charge in [0.15, 0.2) is 0 Å². The number of hydrogen-bond acceptors (Lipinski definition) is 3. The zero-order valence-electron chi connectivity index (χ0n) is 9.82. The predicted molar refractivity (Wildman–Crippen MR) is 64.3 cm³/mol. The van der Waals surface area contributed by atoms with Crippen molar-refractivity contribution in [2.24, 2.45) is 0 Å². The molecule has 1 unspecified atom stereocenters. The summed E-state index contributed by atoms with van der Waals surface area (Å²) >= 11 is 0. The SMILES string of the molecule is CCCNCC(O)c1cnccc1C1CC1. The van der Waals surface area contributed by atoms with Gasteiger partial charge in [0.25, 0.3) is 0 Å². The zero-order valence-corrected chi connectivity index (χ0v) is 9.82. The van der Waals surface area contributed by atoms with Crippen molar-refractivity contribution in [2.75, 3.05) is 13.1 Å². The maximum Gasteiger partial charge on any atom is 0.0931 e. The summed E-state index contributed by atoms with van der Waals surface area (Å²) in [6.07, 6.45) is 6.82. The second-order valence-corrected chi connectivity index (χ2v) is 4.50. The molecular weight excluding hydrogens is 200 g/mol. The molecule has 3 nitrogen and oxygen atoms in total. The molecule has 0 amide bonds. The van der Waals surface area contributed by atoms with Gasteiger partial charge in [-0.05, 0) is 43.4 Å². The van der Waals surface area contributed by atoms with Crippen molar-refractivity contribution < 1.29 is 5.11 Å². The summed E-state index contributed by atoms with van der Waals surface area (Å²) in [4.78, 5) is 4.12. The topological polar surface area (TPSA) is 45.1 Å². The van der Waals surface area contributed by atoms with E-state index >= 15 is 0 Å². The van der Waals surface area contributed by atoms with Crippen LogP contribution in [0.1, 0.15) is 49.3 Å². The number of aliphatic hydroxyl groups is 1. The van der Waals surface area contributed by atoms with Crippen LogP contribution in [-0.4, -0.2) is 23.2 Å². The maximum atomic E-state index is 10.1. The average Bonchev–Trinajstić information content (AvgIpc) is 3.13. The molecule has 1 aromatic rings. The predicted octanol–water partition coefficient (Wildman–Crippen LogP) is 1.99. The van der Waals surface area contributed by atoms with Crippen LogP contribution in [0.25, 0.3) is 0 Å². The molecule has 0 spiro atoms. The van der Waals surface area contributed by atoms with Crippen molar-refractivity contribution in [1.82, 2.24) is 10.3 Å². The second-order valence-electron chi connectivity index (χ2n) is 4.50. The highest BCUT2D eigenvalue weighted by molar-refractivity contribution is 5.32. The largest absolute Gasteiger partial charge is 0.387 e. The summed E-state index contributed by atoms with van der Waals surface area (Å²) in [7, 11) is 0. The first-order valence-corrected chi connectivity index (χ1v) is 6.15. The van der Waals surface area contributed by atoms with Crippen LogP contribution in [0.5, 0.6) is 0 Å². The van der Waals surface area contributed by atoms with Crippen LogP contribution in [-0.2, 0) is 0 Å². The van der Waals surface area contributed by atoms with Crippen molar-refractivity contribution in [1.29, 1.82) is 0 Å². The van der Waals surface area contributed by atoms with Crippen LogP contribution >= 0.6 is 0 Å². The highest BCUT2D eigenvalue weighted by Crippen LogP contribution is 2.42. The second kappa shape index (κ2) is 5.41. The molecule has 1 fully saturated rings. The third kappa shape index (κ3) is 2.80. The summed E-state index contributed by atoms with van der Waals surface area (Å²) in [6.45, 7) is 3.70. The normalized spacial score (nSPS) is 17.4. The van der Waals surface area contributed by atoms with Gasteiger partial charge in [-0.2, -0.15) is 0 Å². The van der Waals surface area contributed by atoms with E-state index in [-0.39, 0.29) is 0 Å². The Morgan fingerprint density at radius 1 is 1.56 bits per heavy atom. The highest BCUT2D eigenvalue weighted by atomic mass is 16.3. The van der Waals surface area contributed by atoms with E-state index in [1.54, 1.807) is 0 Å².